The Kier molecular flexibility index (Phi) is 2.95. The summed E-state index contributed by atoms with van der Waals surface area (Å²) >= 11 is 0. The van der Waals surface area contributed by atoms with Crippen molar-refractivity contribution >= 4 is 11.8 Å². The summed E-state index contributed by atoms with van der Waals surface area (Å²) in [5, 5.41) is 13.3. The van der Waals surface area contributed by atoms with Gasteiger partial charge in [0.25, 0.3) is 0 Å². The van der Waals surface area contributed by atoms with Gasteiger partial charge in [-0.3, -0.25) is 0 Å². The minimum Gasteiger partial charge on any atom is -0.476 e. The van der Waals surface area contributed by atoms with Crippen LogP contribution in [0.2, 0.25) is 0 Å². The van der Waals surface area contributed by atoms with Gasteiger partial charge >= 0.3 is 5.97 Å². The first-order valence-corrected chi connectivity index (χ1v) is 6.39. The largest absolute Gasteiger partial charge is 0.476 e. The molecule has 5 heteroatoms. The molecule has 1 aliphatic rings. The van der Waals surface area contributed by atoms with Gasteiger partial charge in [-0.2, -0.15) is 5.10 Å². The van der Waals surface area contributed by atoms with Crippen LogP contribution in [0.5, 0.6) is 0 Å². The lowest BCUT2D eigenvalue weighted by Crippen LogP contribution is -2.21. The number of benzene rings is 1. The third-order valence-corrected chi connectivity index (χ3v) is 3.34. The van der Waals surface area contributed by atoms with Gasteiger partial charge in [0.15, 0.2) is 5.69 Å². The van der Waals surface area contributed by atoms with Crippen molar-refractivity contribution in [3.05, 3.63) is 42.1 Å². The molecule has 0 saturated carbocycles. The third kappa shape index (κ3) is 2.19. The van der Waals surface area contributed by atoms with Crippen molar-refractivity contribution < 1.29 is 9.90 Å². The monoisotopic (exact) mass is 257 g/mol. The first-order chi connectivity index (χ1) is 9.25. The van der Waals surface area contributed by atoms with Crippen LogP contribution in [0.25, 0.3) is 5.69 Å². The lowest BCUT2D eigenvalue weighted by atomic mass is 10.3. The fraction of sp³-hybridized carbons (Fsp3) is 0.286. The number of carboxylic acid groups (broad SMARTS) is 1. The van der Waals surface area contributed by atoms with Crippen molar-refractivity contribution in [2.45, 2.75) is 12.8 Å². The van der Waals surface area contributed by atoms with E-state index in [1.807, 2.05) is 30.3 Å². The Morgan fingerprint density at radius 3 is 2.47 bits per heavy atom. The molecule has 1 saturated heterocycles. The van der Waals surface area contributed by atoms with Crippen molar-refractivity contribution in [1.29, 1.82) is 0 Å². The van der Waals surface area contributed by atoms with Gasteiger partial charge in [-0.1, -0.05) is 18.2 Å². The molecule has 3 rings (SSSR count). The summed E-state index contributed by atoms with van der Waals surface area (Å²) < 4.78 is 1.72. The quantitative estimate of drug-likeness (QED) is 0.915. The highest BCUT2D eigenvalue weighted by Gasteiger charge is 2.21. The van der Waals surface area contributed by atoms with Crippen molar-refractivity contribution in [3.8, 4) is 5.69 Å². The van der Waals surface area contributed by atoms with Crippen LogP contribution in [0.1, 0.15) is 23.3 Å². The Labute approximate surface area is 111 Å². The standard InChI is InChI=1S/C14H15N3O2/c18-14(19)12-10-13(16-8-4-5-9-16)17(15-12)11-6-2-1-3-7-11/h1-3,6-7,10H,4-5,8-9H2,(H,18,19). The van der Waals surface area contributed by atoms with Crippen molar-refractivity contribution in [1.82, 2.24) is 9.78 Å². The van der Waals surface area contributed by atoms with Crippen molar-refractivity contribution in [2.75, 3.05) is 18.0 Å². The van der Waals surface area contributed by atoms with E-state index in [1.165, 1.54) is 0 Å². The average Bonchev–Trinajstić information content (AvgIpc) is 3.08. The van der Waals surface area contributed by atoms with E-state index in [2.05, 4.69) is 10.00 Å². The second kappa shape index (κ2) is 4.76. The summed E-state index contributed by atoms with van der Waals surface area (Å²) in [4.78, 5) is 13.3. The Bertz CT molecular complexity index is 586. The van der Waals surface area contributed by atoms with Crippen LogP contribution in [0.3, 0.4) is 0 Å². The fourth-order valence-corrected chi connectivity index (χ4v) is 2.41. The molecule has 1 fully saturated rings. The van der Waals surface area contributed by atoms with Crippen LogP contribution in [0, 0.1) is 0 Å². The van der Waals surface area contributed by atoms with Gasteiger partial charge < -0.3 is 10.0 Å². The van der Waals surface area contributed by atoms with Gasteiger partial charge in [0.05, 0.1) is 5.69 Å². The smallest absolute Gasteiger partial charge is 0.356 e. The fourth-order valence-electron chi connectivity index (χ4n) is 2.41. The van der Waals surface area contributed by atoms with Crippen LogP contribution in [-0.4, -0.2) is 33.9 Å². The molecule has 0 bridgehead atoms. The molecule has 0 atom stereocenters. The van der Waals surface area contributed by atoms with E-state index in [9.17, 15) is 4.79 Å². The zero-order valence-corrected chi connectivity index (χ0v) is 10.5. The van der Waals surface area contributed by atoms with E-state index in [1.54, 1.807) is 10.7 Å². The maximum Gasteiger partial charge on any atom is 0.356 e. The van der Waals surface area contributed by atoms with E-state index >= 15 is 0 Å². The number of nitrogens with zero attached hydrogens (tertiary/aromatic N) is 3. The molecule has 1 aromatic carbocycles. The molecule has 0 radical (unpaired) electrons. The summed E-state index contributed by atoms with van der Waals surface area (Å²) in [6.45, 7) is 1.91. The molecule has 2 aromatic rings. The lowest BCUT2D eigenvalue weighted by molar-refractivity contribution is 0.0690. The number of hydrogen-bond acceptors (Lipinski definition) is 3. The summed E-state index contributed by atoms with van der Waals surface area (Å²) in [6, 6.07) is 11.3. The van der Waals surface area contributed by atoms with Crippen LogP contribution < -0.4 is 4.90 Å². The SMILES string of the molecule is O=C(O)c1cc(N2CCCC2)n(-c2ccccc2)n1. The van der Waals surface area contributed by atoms with Gasteiger partial charge in [-0.25, -0.2) is 9.48 Å². The molecular formula is C14H15N3O2. The lowest BCUT2D eigenvalue weighted by Gasteiger charge is -2.18. The Morgan fingerprint density at radius 2 is 1.84 bits per heavy atom. The minimum atomic E-state index is -0.991. The van der Waals surface area contributed by atoms with Crippen LogP contribution >= 0.6 is 0 Å². The van der Waals surface area contributed by atoms with Gasteiger partial charge in [-0.15, -0.1) is 0 Å². The molecule has 0 amide bonds. The highest BCUT2D eigenvalue weighted by Crippen LogP contribution is 2.24. The Hall–Kier alpha value is -2.30. The van der Waals surface area contributed by atoms with Gasteiger partial charge in [0.1, 0.15) is 5.82 Å². The van der Waals surface area contributed by atoms with E-state index in [0.717, 1.165) is 37.4 Å². The number of aromatic nitrogens is 2. The first kappa shape index (κ1) is 11.8. The second-order valence-corrected chi connectivity index (χ2v) is 4.63. The van der Waals surface area contributed by atoms with Crippen molar-refractivity contribution in [2.24, 2.45) is 0 Å². The molecule has 1 aromatic heterocycles. The number of rotatable bonds is 3. The zero-order chi connectivity index (χ0) is 13.2. The van der Waals surface area contributed by atoms with Crippen LogP contribution in [0.15, 0.2) is 36.4 Å². The number of para-hydroxylation sites is 1. The Balaban J connectivity index is 2.08. The zero-order valence-electron chi connectivity index (χ0n) is 10.5. The summed E-state index contributed by atoms with van der Waals surface area (Å²) in [7, 11) is 0. The molecule has 5 nitrogen and oxygen atoms in total. The van der Waals surface area contributed by atoms with Gasteiger partial charge in [0, 0.05) is 19.2 Å². The predicted octanol–water partition coefficient (Wildman–Crippen LogP) is 2.17. The summed E-state index contributed by atoms with van der Waals surface area (Å²) in [5.41, 5.74) is 0.975. The molecule has 0 spiro atoms. The molecule has 19 heavy (non-hydrogen) atoms. The number of carboxylic acids is 1. The molecular weight excluding hydrogens is 242 g/mol. The minimum absolute atomic E-state index is 0.0887. The summed E-state index contributed by atoms with van der Waals surface area (Å²) in [6.07, 6.45) is 2.28. The molecule has 1 N–H and O–H groups in total. The van der Waals surface area contributed by atoms with E-state index in [0.29, 0.717) is 0 Å². The average molecular weight is 257 g/mol. The van der Waals surface area contributed by atoms with Gasteiger partial charge in [0.2, 0.25) is 0 Å². The molecule has 0 unspecified atom stereocenters. The van der Waals surface area contributed by atoms with E-state index < -0.39 is 5.97 Å². The molecule has 0 aliphatic carbocycles. The van der Waals surface area contributed by atoms with Crippen LogP contribution in [0.4, 0.5) is 5.82 Å². The topological polar surface area (TPSA) is 58.4 Å². The number of carbonyl (C=O) groups is 1. The third-order valence-electron chi connectivity index (χ3n) is 3.34. The molecule has 98 valence electrons. The molecule has 2 heterocycles. The predicted molar refractivity (Wildman–Crippen MR) is 72.0 cm³/mol. The summed E-state index contributed by atoms with van der Waals surface area (Å²) in [5.74, 6) is -0.128. The molecule has 1 aliphatic heterocycles. The van der Waals surface area contributed by atoms with E-state index in [-0.39, 0.29) is 5.69 Å². The second-order valence-electron chi connectivity index (χ2n) is 4.63. The number of hydrogen-bond donors (Lipinski definition) is 1. The normalized spacial score (nSPS) is 14.8. The highest BCUT2D eigenvalue weighted by molar-refractivity contribution is 5.86. The Morgan fingerprint density at radius 1 is 1.16 bits per heavy atom. The number of aromatic carboxylic acids is 1. The van der Waals surface area contributed by atoms with E-state index in [4.69, 9.17) is 5.11 Å². The first-order valence-electron chi connectivity index (χ1n) is 6.39. The maximum absolute atomic E-state index is 11.1. The highest BCUT2D eigenvalue weighted by atomic mass is 16.4. The van der Waals surface area contributed by atoms with Gasteiger partial charge in [-0.05, 0) is 25.0 Å². The van der Waals surface area contributed by atoms with Crippen LogP contribution in [-0.2, 0) is 0 Å². The maximum atomic E-state index is 11.1. The van der Waals surface area contributed by atoms with Crippen molar-refractivity contribution in [3.63, 3.8) is 0 Å². The number of anilines is 1.